The third-order valence-electron chi connectivity index (χ3n) is 2.57. The van der Waals surface area contributed by atoms with Crippen LogP contribution >= 0.6 is 22.6 Å². The normalized spacial score (nSPS) is 17.8. The highest BCUT2D eigenvalue weighted by Crippen LogP contribution is 2.42. The molecule has 1 heterocycles. The summed E-state index contributed by atoms with van der Waals surface area (Å²) in [5.41, 5.74) is 2.40. The van der Waals surface area contributed by atoms with Crippen LogP contribution in [0, 0.1) is 0 Å². The van der Waals surface area contributed by atoms with Gasteiger partial charge in [-0.25, -0.2) is 0 Å². The molecule has 0 unspecified atom stereocenters. The number of fused-ring (bicyclic) bond motifs is 2. The first-order valence-electron chi connectivity index (χ1n) is 4.90. The summed E-state index contributed by atoms with van der Waals surface area (Å²) in [6.07, 6.45) is 7.40. The highest BCUT2D eigenvalue weighted by atomic mass is 127. The van der Waals surface area contributed by atoms with Crippen LogP contribution in [0.2, 0.25) is 0 Å². The lowest BCUT2D eigenvalue weighted by Crippen LogP contribution is -2.07. The molecule has 1 aliphatic carbocycles. The van der Waals surface area contributed by atoms with Gasteiger partial charge in [0.2, 0.25) is 0 Å². The molecule has 0 saturated carbocycles. The largest absolute Gasteiger partial charge is 0.456 e. The van der Waals surface area contributed by atoms with E-state index in [0.29, 0.717) is 0 Å². The van der Waals surface area contributed by atoms with Crippen molar-refractivity contribution in [3.63, 3.8) is 0 Å². The molecule has 0 atom stereocenters. The highest BCUT2D eigenvalue weighted by Gasteiger charge is 2.21. The van der Waals surface area contributed by atoms with Gasteiger partial charge < -0.3 is 4.74 Å². The van der Waals surface area contributed by atoms with E-state index in [1.807, 2.05) is 18.2 Å². The number of hydrogen-bond acceptors (Lipinski definition) is 1. The van der Waals surface area contributed by atoms with Crippen LogP contribution in [-0.4, -0.2) is 0 Å². The molecular weight excluding hydrogens is 299 g/mol. The van der Waals surface area contributed by atoms with E-state index in [2.05, 4.69) is 46.9 Å². The summed E-state index contributed by atoms with van der Waals surface area (Å²) in [5.74, 6) is 1.97. The van der Waals surface area contributed by atoms with Crippen LogP contribution < -0.4 is 4.74 Å². The van der Waals surface area contributed by atoms with Crippen LogP contribution in [0.5, 0.6) is 5.75 Å². The molecule has 0 fully saturated rings. The van der Waals surface area contributed by atoms with Crippen LogP contribution in [-0.2, 0) is 0 Å². The van der Waals surface area contributed by atoms with Crippen LogP contribution in [0.3, 0.4) is 0 Å². The van der Waals surface area contributed by atoms with Crippen molar-refractivity contribution in [3.8, 4) is 5.75 Å². The number of hydrogen-bond donors (Lipinski definition) is 0. The average molecular weight is 308 g/mol. The predicted molar refractivity (Wildman–Crippen MR) is 69.9 cm³/mol. The number of halogens is 1. The smallest absolute Gasteiger partial charge is 0.135 e. The lowest BCUT2D eigenvalue weighted by molar-refractivity contribution is 0.430. The van der Waals surface area contributed by atoms with Crippen molar-refractivity contribution in [1.29, 1.82) is 0 Å². The standard InChI is InChI=1S/C13H9IO/c14-13-9-5-1-3-7-11(9)15-12-8-4-2-6-10(12)13/h1-3,5-8H,4H2. The zero-order valence-corrected chi connectivity index (χ0v) is 10.2. The summed E-state index contributed by atoms with van der Waals surface area (Å²) < 4.78 is 7.13. The molecule has 74 valence electrons. The first-order chi connectivity index (χ1) is 7.36. The molecule has 1 aromatic carbocycles. The number of allylic oxidation sites excluding steroid dienone is 3. The summed E-state index contributed by atoms with van der Waals surface area (Å²) in [6, 6.07) is 8.17. The van der Waals surface area contributed by atoms with Gasteiger partial charge in [-0.15, -0.1) is 0 Å². The molecule has 0 amide bonds. The quantitative estimate of drug-likeness (QED) is 0.657. The monoisotopic (exact) mass is 308 g/mol. The Morgan fingerprint density at radius 2 is 2.07 bits per heavy atom. The molecule has 3 rings (SSSR count). The summed E-state index contributed by atoms with van der Waals surface area (Å²) in [6.45, 7) is 0. The van der Waals surface area contributed by atoms with E-state index in [9.17, 15) is 0 Å². The van der Waals surface area contributed by atoms with Crippen molar-refractivity contribution in [3.05, 3.63) is 59.4 Å². The molecule has 0 radical (unpaired) electrons. The number of ether oxygens (including phenoxy) is 1. The maximum Gasteiger partial charge on any atom is 0.135 e. The lowest BCUT2D eigenvalue weighted by atomic mass is 10.0. The minimum absolute atomic E-state index is 0.963. The Labute approximate surface area is 102 Å². The van der Waals surface area contributed by atoms with Gasteiger partial charge in [-0.3, -0.25) is 0 Å². The maximum atomic E-state index is 5.85. The number of rotatable bonds is 0. The van der Waals surface area contributed by atoms with E-state index in [1.165, 1.54) is 14.7 Å². The summed E-state index contributed by atoms with van der Waals surface area (Å²) in [5, 5.41) is 0. The van der Waals surface area contributed by atoms with Crippen LogP contribution in [0.4, 0.5) is 0 Å². The van der Waals surface area contributed by atoms with Crippen molar-refractivity contribution in [2.24, 2.45) is 0 Å². The van der Waals surface area contributed by atoms with Crippen LogP contribution in [0.25, 0.3) is 3.58 Å². The number of para-hydroxylation sites is 1. The van der Waals surface area contributed by atoms with Gasteiger partial charge in [-0.05, 0) is 41.2 Å². The van der Waals surface area contributed by atoms with E-state index >= 15 is 0 Å². The van der Waals surface area contributed by atoms with Crippen molar-refractivity contribution in [2.75, 3.05) is 0 Å². The zero-order valence-electron chi connectivity index (χ0n) is 8.03. The molecule has 1 nitrogen and oxygen atoms in total. The minimum Gasteiger partial charge on any atom is -0.456 e. The zero-order chi connectivity index (χ0) is 10.3. The molecule has 0 N–H and O–H groups in total. The van der Waals surface area contributed by atoms with Gasteiger partial charge in [0.25, 0.3) is 0 Å². The molecule has 0 bridgehead atoms. The fraction of sp³-hybridized carbons (Fsp3) is 0.0769. The van der Waals surface area contributed by atoms with Gasteiger partial charge in [0.05, 0.1) is 0 Å². The molecule has 0 spiro atoms. The molecular formula is C13H9IO. The van der Waals surface area contributed by atoms with Crippen LogP contribution in [0.15, 0.2) is 53.8 Å². The molecule has 1 aromatic rings. The van der Waals surface area contributed by atoms with Gasteiger partial charge in [0, 0.05) is 14.7 Å². The number of benzene rings is 1. The predicted octanol–water partition coefficient (Wildman–Crippen LogP) is 4.07. The van der Waals surface area contributed by atoms with E-state index in [4.69, 9.17) is 4.74 Å². The Morgan fingerprint density at radius 3 is 3.00 bits per heavy atom. The van der Waals surface area contributed by atoms with Gasteiger partial charge in [0.15, 0.2) is 0 Å². The molecule has 1 aliphatic heterocycles. The van der Waals surface area contributed by atoms with Gasteiger partial charge in [-0.1, -0.05) is 30.4 Å². The molecule has 2 aliphatic rings. The van der Waals surface area contributed by atoms with E-state index in [0.717, 1.165) is 17.9 Å². The Bertz CT molecular complexity index is 509. The van der Waals surface area contributed by atoms with Gasteiger partial charge >= 0.3 is 0 Å². The minimum atomic E-state index is 0.963. The fourth-order valence-corrected chi connectivity index (χ4v) is 2.72. The van der Waals surface area contributed by atoms with E-state index < -0.39 is 0 Å². The van der Waals surface area contributed by atoms with Crippen molar-refractivity contribution in [1.82, 2.24) is 0 Å². The third-order valence-corrected chi connectivity index (χ3v) is 3.73. The maximum absolute atomic E-state index is 5.85. The first-order valence-corrected chi connectivity index (χ1v) is 5.98. The SMILES string of the molecule is IC1=C2C=CCC=C2Oc2ccccc21. The molecule has 0 aromatic heterocycles. The van der Waals surface area contributed by atoms with Crippen LogP contribution in [0.1, 0.15) is 12.0 Å². The Morgan fingerprint density at radius 1 is 1.20 bits per heavy atom. The second kappa shape index (κ2) is 3.52. The second-order valence-corrected chi connectivity index (χ2v) is 4.61. The Hall–Kier alpha value is -1.03. The molecule has 15 heavy (non-hydrogen) atoms. The molecule has 0 saturated heterocycles. The summed E-state index contributed by atoms with van der Waals surface area (Å²) in [4.78, 5) is 0. The Balaban J connectivity index is 2.25. The first kappa shape index (κ1) is 9.21. The van der Waals surface area contributed by atoms with Crippen molar-refractivity contribution >= 4 is 26.2 Å². The van der Waals surface area contributed by atoms with Crippen molar-refractivity contribution < 1.29 is 4.74 Å². The second-order valence-electron chi connectivity index (χ2n) is 3.53. The fourth-order valence-electron chi connectivity index (χ4n) is 1.83. The average Bonchev–Trinajstić information content (AvgIpc) is 2.30. The summed E-state index contributed by atoms with van der Waals surface area (Å²) >= 11 is 2.39. The van der Waals surface area contributed by atoms with Gasteiger partial charge in [-0.2, -0.15) is 0 Å². The van der Waals surface area contributed by atoms with E-state index in [1.54, 1.807) is 0 Å². The third kappa shape index (κ3) is 1.44. The molecule has 2 heteroatoms. The Kier molecular flexibility index (Phi) is 2.16. The topological polar surface area (TPSA) is 9.23 Å². The lowest BCUT2D eigenvalue weighted by Gasteiger charge is -2.23. The van der Waals surface area contributed by atoms with Crippen molar-refractivity contribution in [2.45, 2.75) is 6.42 Å². The van der Waals surface area contributed by atoms with E-state index in [-0.39, 0.29) is 0 Å². The highest BCUT2D eigenvalue weighted by molar-refractivity contribution is 14.1. The van der Waals surface area contributed by atoms with Gasteiger partial charge in [0.1, 0.15) is 11.5 Å². The summed E-state index contributed by atoms with van der Waals surface area (Å²) in [7, 11) is 0.